The standard InChI is InChI=1S/C17H23N5O2.ClH/c1-12(18)7-8-16(23)20-14-5-3-6-15(11-14)21-17(24)13(2)22-10-4-9-19-22;/h3-6,9-13H,7-8,18H2,1-2H3,(H,20,23)(H,21,24);1H. The van der Waals surface area contributed by atoms with Crippen LogP contribution >= 0.6 is 12.4 Å². The summed E-state index contributed by atoms with van der Waals surface area (Å²) in [5, 5.41) is 9.69. The number of rotatable bonds is 7. The van der Waals surface area contributed by atoms with Crippen molar-refractivity contribution in [1.82, 2.24) is 9.78 Å². The van der Waals surface area contributed by atoms with Crippen molar-refractivity contribution in [2.24, 2.45) is 5.73 Å². The van der Waals surface area contributed by atoms with Crippen LogP contribution in [0.2, 0.25) is 0 Å². The maximum atomic E-state index is 12.2. The number of anilines is 2. The Labute approximate surface area is 153 Å². The molecule has 25 heavy (non-hydrogen) atoms. The molecule has 0 aliphatic carbocycles. The molecule has 2 atom stereocenters. The van der Waals surface area contributed by atoms with Crippen LogP contribution in [0.25, 0.3) is 0 Å². The Balaban J connectivity index is 0.00000312. The van der Waals surface area contributed by atoms with Gasteiger partial charge in [0.25, 0.3) is 0 Å². The van der Waals surface area contributed by atoms with Crippen LogP contribution in [0.3, 0.4) is 0 Å². The molecule has 136 valence electrons. The maximum Gasteiger partial charge on any atom is 0.248 e. The Kier molecular flexibility index (Phi) is 8.10. The van der Waals surface area contributed by atoms with E-state index >= 15 is 0 Å². The van der Waals surface area contributed by atoms with Gasteiger partial charge in [-0.15, -0.1) is 12.4 Å². The molecule has 7 nitrogen and oxygen atoms in total. The van der Waals surface area contributed by atoms with Gasteiger partial charge >= 0.3 is 0 Å². The molecule has 0 spiro atoms. The summed E-state index contributed by atoms with van der Waals surface area (Å²) in [6.45, 7) is 3.63. The molecule has 1 aromatic heterocycles. The minimum Gasteiger partial charge on any atom is -0.328 e. The molecule has 0 radical (unpaired) electrons. The van der Waals surface area contributed by atoms with Gasteiger partial charge in [0.2, 0.25) is 11.8 Å². The fraction of sp³-hybridized carbons (Fsp3) is 0.353. The van der Waals surface area contributed by atoms with Gasteiger partial charge in [0.15, 0.2) is 0 Å². The molecular weight excluding hydrogens is 342 g/mol. The number of carbonyl (C=O) groups is 2. The van der Waals surface area contributed by atoms with E-state index in [0.717, 1.165) is 0 Å². The lowest BCUT2D eigenvalue weighted by atomic mass is 10.2. The van der Waals surface area contributed by atoms with Crippen molar-refractivity contribution in [1.29, 1.82) is 0 Å². The summed E-state index contributed by atoms with van der Waals surface area (Å²) in [5.41, 5.74) is 6.90. The quantitative estimate of drug-likeness (QED) is 0.701. The average molecular weight is 366 g/mol. The van der Waals surface area contributed by atoms with Gasteiger partial charge < -0.3 is 16.4 Å². The molecule has 0 bridgehead atoms. The van der Waals surface area contributed by atoms with E-state index < -0.39 is 6.04 Å². The predicted octanol–water partition coefficient (Wildman–Crippen LogP) is 2.57. The highest BCUT2D eigenvalue weighted by Crippen LogP contribution is 2.17. The second-order valence-corrected chi connectivity index (χ2v) is 5.80. The monoisotopic (exact) mass is 365 g/mol. The van der Waals surface area contributed by atoms with Crippen LogP contribution in [0.1, 0.15) is 32.7 Å². The van der Waals surface area contributed by atoms with E-state index in [1.807, 2.05) is 6.92 Å². The second kappa shape index (κ2) is 9.80. The maximum absolute atomic E-state index is 12.2. The van der Waals surface area contributed by atoms with Gasteiger partial charge in [0, 0.05) is 36.2 Å². The summed E-state index contributed by atoms with van der Waals surface area (Å²) in [6.07, 6.45) is 4.36. The Morgan fingerprint density at radius 1 is 1.20 bits per heavy atom. The molecule has 8 heteroatoms. The Bertz CT molecular complexity index is 688. The van der Waals surface area contributed by atoms with Gasteiger partial charge in [0.1, 0.15) is 6.04 Å². The topological polar surface area (TPSA) is 102 Å². The first-order chi connectivity index (χ1) is 11.5. The van der Waals surface area contributed by atoms with Crippen LogP contribution in [0.4, 0.5) is 11.4 Å². The van der Waals surface area contributed by atoms with Crippen LogP contribution in [0.15, 0.2) is 42.7 Å². The van der Waals surface area contributed by atoms with E-state index in [9.17, 15) is 9.59 Å². The number of hydrogen-bond acceptors (Lipinski definition) is 4. The van der Waals surface area contributed by atoms with Crippen molar-refractivity contribution in [3.63, 3.8) is 0 Å². The number of amides is 2. The average Bonchev–Trinajstić information content (AvgIpc) is 3.07. The van der Waals surface area contributed by atoms with Crippen molar-refractivity contribution in [2.75, 3.05) is 10.6 Å². The number of nitrogens with one attached hydrogen (secondary N) is 2. The van der Waals surface area contributed by atoms with Crippen LogP contribution < -0.4 is 16.4 Å². The highest BCUT2D eigenvalue weighted by atomic mass is 35.5. The molecule has 0 aliphatic rings. The number of halogens is 1. The lowest BCUT2D eigenvalue weighted by Gasteiger charge is -2.13. The van der Waals surface area contributed by atoms with E-state index in [2.05, 4.69) is 15.7 Å². The first-order valence-corrected chi connectivity index (χ1v) is 7.91. The summed E-state index contributed by atoms with van der Waals surface area (Å²) < 4.78 is 1.58. The van der Waals surface area contributed by atoms with Gasteiger partial charge in [-0.1, -0.05) is 6.07 Å². The first-order valence-electron chi connectivity index (χ1n) is 7.91. The van der Waals surface area contributed by atoms with E-state index in [4.69, 9.17) is 5.73 Å². The molecule has 0 saturated heterocycles. The van der Waals surface area contributed by atoms with Crippen molar-refractivity contribution in [3.05, 3.63) is 42.7 Å². The van der Waals surface area contributed by atoms with Crippen LogP contribution in [0, 0.1) is 0 Å². The minimum absolute atomic E-state index is 0. The number of benzene rings is 1. The van der Waals surface area contributed by atoms with Crippen molar-refractivity contribution < 1.29 is 9.59 Å². The molecule has 2 unspecified atom stereocenters. The number of aromatic nitrogens is 2. The van der Waals surface area contributed by atoms with E-state index in [1.165, 1.54) is 0 Å². The third-order valence-corrected chi connectivity index (χ3v) is 3.54. The van der Waals surface area contributed by atoms with Crippen LogP contribution in [-0.4, -0.2) is 27.6 Å². The van der Waals surface area contributed by atoms with E-state index in [0.29, 0.717) is 24.2 Å². The fourth-order valence-electron chi connectivity index (χ4n) is 2.13. The minimum atomic E-state index is -0.427. The van der Waals surface area contributed by atoms with Gasteiger partial charge in [-0.25, -0.2) is 0 Å². The lowest BCUT2D eigenvalue weighted by molar-refractivity contribution is -0.119. The molecule has 1 aromatic carbocycles. The molecule has 2 rings (SSSR count). The Morgan fingerprint density at radius 3 is 2.48 bits per heavy atom. The Hall–Kier alpha value is -2.38. The number of hydrogen-bond donors (Lipinski definition) is 3. The third-order valence-electron chi connectivity index (χ3n) is 3.54. The second-order valence-electron chi connectivity index (χ2n) is 5.80. The number of nitrogens with two attached hydrogens (primary N) is 1. The van der Waals surface area contributed by atoms with Crippen molar-refractivity contribution in [3.8, 4) is 0 Å². The number of carbonyl (C=O) groups excluding carboxylic acids is 2. The predicted molar refractivity (Wildman–Crippen MR) is 101 cm³/mol. The van der Waals surface area contributed by atoms with Gasteiger partial charge in [-0.3, -0.25) is 14.3 Å². The van der Waals surface area contributed by atoms with Crippen LogP contribution in [-0.2, 0) is 9.59 Å². The summed E-state index contributed by atoms with van der Waals surface area (Å²) in [4.78, 5) is 24.1. The molecule has 0 aliphatic heterocycles. The van der Waals surface area contributed by atoms with Crippen molar-refractivity contribution >= 4 is 35.6 Å². The summed E-state index contributed by atoms with van der Waals surface area (Å²) in [6, 6.07) is 8.37. The summed E-state index contributed by atoms with van der Waals surface area (Å²) in [7, 11) is 0. The van der Waals surface area contributed by atoms with Gasteiger partial charge in [0.05, 0.1) is 0 Å². The highest BCUT2D eigenvalue weighted by molar-refractivity contribution is 5.95. The molecule has 2 amide bonds. The number of nitrogens with zero attached hydrogens (tertiary/aromatic N) is 2. The molecule has 2 aromatic rings. The molecule has 4 N–H and O–H groups in total. The molecule has 0 saturated carbocycles. The largest absolute Gasteiger partial charge is 0.328 e. The summed E-state index contributed by atoms with van der Waals surface area (Å²) >= 11 is 0. The zero-order chi connectivity index (χ0) is 17.5. The van der Waals surface area contributed by atoms with Gasteiger partial charge in [-0.2, -0.15) is 5.10 Å². The van der Waals surface area contributed by atoms with E-state index in [-0.39, 0.29) is 30.3 Å². The zero-order valence-corrected chi connectivity index (χ0v) is 15.1. The highest BCUT2D eigenvalue weighted by Gasteiger charge is 2.15. The SMILES string of the molecule is CC(N)CCC(=O)Nc1cccc(NC(=O)C(C)n2cccn2)c1.Cl. The smallest absolute Gasteiger partial charge is 0.248 e. The molecule has 0 fully saturated rings. The first kappa shape index (κ1) is 20.7. The zero-order valence-electron chi connectivity index (χ0n) is 14.3. The Morgan fingerprint density at radius 2 is 1.88 bits per heavy atom. The fourth-order valence-corrected chi connectivity index (χ4v) is 2.13. The lowest BCUT2D eigenvalue weighted by Crippen LogP contribution is -2.24. The third kappa shape index (κ3) is 6.56. The van der Waals surface area contributed by atoms with E-state index in [1.54, 1.807) is 54.3 Å². The van der Waals surface area contributed by atoms with Gasteiger partial charge in [-0.05, 0) is 44.5 Å². The van der Waals surface area contributed by atoms with Crippen LogP contribution in [0.5, 0.6) is 0 Å². The normalized spacial score (nSPS) is 12.6. The summed E-state index contributed by atoms with van der Waals surface area (Å²) in [5.74, 6) is -0.278. The van der Waals surface area contributed by atoms with Crippen molar-refractivity contribution in [2.45, 2.75) is 38.8 Å². The molecular formula is C17H24ClN5O2. The molecule has 1 heterocycles.